The summed E-state index contributed by atoms with van der Waals surface area (Å²) < 4.78 is 14.7. The molecule has 0 aliphatic carbocycles. The largest absolute Gasteiger partial charge is 0.497 e. The number of ether oxygens (including phenoxy) is 2. The van der Waals surface area contributed by atoms with Crippen molar-refractivity contribution in [2.75, 3.05) is 25.5 Å². The molecule has 0 spiro atoms. The summed E-state index contributed by atoms with van der Waals surface area (Å²) in [6.07, 6.45) is 5.41. The normalized spacial score (nSPS) is 13.4. The molecular formula is C31H30N6O4. The van der Waals surface area contributed by atoms with Crippen LogP contribution >= 0.6 is 0 Å². The van der Waals surface area contributed by atoms with Gasteiger partial charge in [0.25, 0.3) is 11.5 Å². The number of para-hydroxylation sites is 1. The van der Waals surface area contributed by atoms with E-state index in [2.05, 4.69) is 20.2 Å². The van der Waals surface area contributed by atoms with Gasteiger partial charge >= 0.3 is 0 Å². The molecule has 3 aromatic heterocycles. The Labute approximate surface area is 236 Å². The maximum absolute atomic E-state index is 13.6. The van der Waals surface area contributed by atoms with Crippen molar-refractivity contribution in [1.82, 2.24) is 24.2 Å². The third kappa shape index (κ3) is 5.29. The first-order valence-electron chi connectivity index (χ1n) is 13.5. The second-order valence-electron chi connectivity index (χ2n) is 9.91. The molecule has 1 amide bonds. The topological polar surface area (TPSA) is 104 Å². The first-order chi connectivity index (χ1) is 20.0. The van der Waals surface area contributed by atoms with E-state index >= 15 is 0 Å². The predicted molar refractivity (Wildman–Crippen MR) is 156 cm³/mol. The van der Waals surface area contributed by atoms with Crippen molar-refractivity contribution in [3.05, 3.63) is 101 Å². The summed E-state index contributed by atoms with van der Waals surface area (Å²) in [5.74, 6) is 1.64. The highest BCUT2D eigenvalue weighted by Crippen LogP contribution is 2.31. The van der Waals surface area contributed by atoms with Crippen molar-refractivity contribution in [2.45, 2.75) is 19.4 Å². The minimum Gasteiger partial charge on any atom is -0.497 e. The fraction of sp³-hybridized carbons (Fsp3) is 0.226. The molecule has 0 bridgehead atoms. The van der Waals surface area contributed by atoms with Crippen LogP contribution < -0.4 is 20.3 Å². The molecule has 1 aliphatic heterocycles. The van der Waals surface area contributed by atoms with Crippen molar-refractivity contribution in [3.8, 4) is 22.9 Å². The molecule has 208 valence electrons. The Balaban J connectivity index is 1.25. The molecule has 41 heavy (non-hydrogen) atoms. The lowest BCUT2D eigenvalue weighted by atomic mass is 10.2. The van der Waals surface area contributed by atoms with E-state index in [0.717, 1.165) is 36.8 Å². The Hall–Kier alpha value is -4.96. The average molecular weight is 551 g/mol. The molecule has 1 aliphatic rings. The maximum atomic E-state index is 13.6. The van der Waals surface area contributed by atoms with Crippen LogP contribution in [0.5, 0.6) is 17.2 Å². The Morgan fingerprint density at radius 1 is 0.976 bits per heavy atom. The highest BCUT2D eigenvalue weighted by molar-refractivity contribution is 6.04. The molecule has 10 heteroatoms. The summed E-state index contributed by atoms with van der Waals surface area (Å²) in [6, 6.07) is 20.1. The molecule has 5 aromatic rings. The van der Waals surface area contributed by atoms with Gasteiger partial charge in [-0.1, -0.05) is 18.2 Å². The smallest absolute Gasteiger partial charge is 0.284 e. The summed E-state index contributed by atoms with van der Waals surface area (Å²) in [7, 11) is 3.43. The lowest BCUT2D eigenvalue weighted by molar-refractivity contribution is 0.102. The van der Waals surface area contributed by atoms with Crippen LogP contribution in [0.25, 0.3) is 16.6 Å². The molecule has 2 aromatic carbocycles. The van der Waals surface area contributed by atoms with Crippen LogP contribution in [0.4, 0.5) is 5.82 Å². The minimum atomic E-state index is -0.496. The van der Waals surface area contributed by atoms with Gasteiger partial charge in [0.05, 0.1) is 30.2 Å². The van der Waals surface area contributed by atoms with Crippen molar-refractivity contribution < 1.29 is 14.3 Å². The number of carbonyl (C=O) groups is 1. The van der Waals surface area contributed by atoms with Gasteiger partial charge < -0.3 is 14.8 Å². The van der Waals surface area contributed by atoms with Crippen LogP contribution in [0, 0.1) is 0 Å². The Kier molecular flexibility index (Phi) is 7.22. The second kappa shape index (κ2) is 11.3. The zero-order valence-electron chi connectivity index (χ0n) is 22.9. The fourth-order valence-corrected chi connectivity index (χ4v) is 5.21. The highest BCUT2D eigenvalue weighted by atomic mass is 16.5. The number of fused-ring (bicyclic) bond motifs is 1. The molecule has 1 saturated heterocycles. The fourth-order valence-electron chi connectivity index (χ4n) is 5.21. The van der Waals surface area contributed by atoms with Gasteiger partial charge in [-0.15, -0.1) is 0 Å². The summed E-state index contributed by atoms with van der Waals surface area (Å²) in [5.41, 5.74) is 1.85. The van der Waals surface area contributed by atoms with Gasteiger partial charge in [0.2, 0.25) is 0 Å². The zero-order chi connectivity index (χ0) is 28.3. The van der Waals surface area contributed by atoms with Gasteiger partial charge in [-0.2, -0.15) is 0 Å². The van der Waals surface area contributed by atoms with E-state index in [1.807, 2.05) is 55.6 Å². The number of methoxy groups -OCH3 is 1. The molecule has 10 nitrogen and oxygen atoms in total. The lowest BCUT2D eigenvalue weighted by Gasteiger charge is -2.17. The molecule has 0 unspecified atom stereocenters. The molecule has 1 fully saturated rings. The number of nitrogens with zero attached hydrogens (tertiary/aromatic N) is 5. The summed E-state index contributed by atoms with van der Waals surface area (Å²) >= 11 is 0. The first-order valence-corrected chi connectivity index (χ1v) is 13.5. The molecule has 6 rings (SSSR count). The number of likely N-dealkylation sites (tertiary alicyclic amines) is 1. The van der Waals surface area contributed by atoms with Gasteiger partial charge in [0.15, 0.2) is 0 Å². The standard InChI is InChI=1S/C31H30N6O4/c1-35-26(20-36-16-6-7-17-36)29(31(39)37(35)21-8-4-3-5-9-21)30(38)34-28-13-11-23(19-33-28)41-27-14-15-32-25-18-22(40-2)10-12-24(25)27/h3-5,8-15,18-19H,6-7,16-17,20H2,1-2H3,(H,33,34,38). The van der Waals surface area contributed by atoms with Crippen LogP contribution in [-0.4, -0.2) is 50.3 Å². The average Bonchev–Trinajstić information content (AvgIpc) is 3.60. The Bertz CT molecular complexity index is 1760. The molecule has 4 heterocycles. The van der Waals surface area contributed by atoms with Crippen LogP contribution in [0.15, 0.2) is 83.9 Å². The SMILES string of the molecule is COc1ccc2c(Oc3ccc(NC(=O)c4c(CN5CCCC5)n(C)n(-c5ccccc5)c4=O)nc3)ccnc2c1. The maximum Gasteiger partial charge on any atom is 0.284 e. The van der Waals surface area contributed by atoms with Crippen molar-refractivity contribution in [1.29, 1.82) is 0 Å². The number of rotatable bonds is 8. The van der Waals surface area contributed by atoms with Crippen LogP contribution in [0.1, 0.15) is 28.9 Å². The number of pyridine rings is 2. The summed E-state index contributed by atoms with van der Waals surface area (Å²) in [6.45, 7) is 2.39. The van der Waals surface area contributed by atoms with E-state index in [4.69, 9.17) is 9.47 Å². The van der Waals surface area contributed by atoms with Crippen LogP contribution in [0.3, 0.4) is 0 Å². The number of benzene rings is 2. The van der Waals surface area contributed by atoms with Gasteiger partial charge in [-0.3, -0.25) is 24.2 Å². The molecular weight excluding hydrogens is 520 g/mol. The third-order valence-electron chi connectivity index (χ3n) is 7.30. The number of nitrogens with one attached hydrogen (secondary N) is 1. The van der Waals surface area contributed by atoms with Crippen LogP contribution in [-0.2, 0) is 13.6 Å². The number of hydrogen-bond donors (Lipinski definition) is 1. The van der Waals surface area contributed by atoms with E-state index < -0.39 is 5.91 Å². The van der Waals surface area contributed by atoms with E-state index in [1.54, 1.807) is 40.9 Å². The lowest BCUT2D eigenvalue weighted by Crippen LogP contribution is -2.26. The number of amides is 1. The monoisotopic (exact) mass is 550 g/mol. The quantitative estimate of drug-likeness (QED) is 0.297. The second-order valence-corrected chi connectivity index (χ2v) is 9.91. The van der Waals surface area contributed by atoms with Crippen molar-refractivity contribution in [2.24, 2.45) is 7.05 Å². The van der Waals surface area contributed by atoms with Crippen molar-refractivity contribution >= 4 is 22.6 Å². The number of hydrogen-bond acceptors (Lipinski definition) is 7. The van der Waals surface area contributed by atoms with Gasteiger partial charge in [-0.05, 0) is 68.4 Å². The predicted octanol–water partition coefficient (Wildman–Crippen LogP) is 4.77. The highest BCUT2D eigenvalue weighted by Gasteiger charge is 2.27. The Morgan fingerprint density at radius 2 is 1.76 bits per heavy atom. The number of aromatic nitrogens is 4. The molecule has 0 radical (unpaired) electrons. The minimum absolute atomic E-state index is 0.115. The number of anilines is 1. The van der Waals surface area contributed by atoms with E-state index in [1.165, 1.54) is 6.20 Å². The number of carbonyl (C=O) groups excluding carboxylic acids is 1. The zero-order valence-corrected chi connectivity index (χ0v) is 22.9. The summed E-state index contributed by atoms with van der Waals surface area (Å²) in [4.78, 5) is 38.2. The van der Waals surface area contributed by atoms with Gasteiger partial charge in [0, 0.05) is 31.2 Å². The third-order valence-corrected chi connectivity index (χ3v) is 7.30. The van der Waals surface area contributed by atoms with Gasteiger partial charge in [-0.25, -0.2) is 9.67 Å². The molecule has 1 N–H and O–H groups in total. The van der Waals surface area contributed by atoms with Gasteiger partial charge in [0.1, 0.15) is 28.6 Å². The van der Waals surface area contributed by atoms with Crippen LogP contribution in [0.2, 0.25) is 0 Å². The van der Waals surface area contributed by atoms with E-state index in [0.29, 0.717) is 41.0 Å². The van der Waals surface area contributed by atoms with E-state index in [9.17, 15) is 9.59 Å². The summed E-state index contributed by atoms with van der Waals surface area (Å²) in [5, 5.41) is 3.64. The Morgan fingerprint density at radius 3 is 2.49 bits per heavy atom. The molecule has 0 saturated carbocycles. The first kappa shape index (κ1) is 26.3. The van der Waals surface area contributed by atoms with E-state index in [-0.39, 0.29) is 11.1 Å². The van der Waals surface area contributed by atoms with Crippen molar-refractivity contribution in [3.63, 3.8) is 0 Å². The molecule has 0 atom stereocenters.